The van der Waals surface area contributed by atoms with Crippen LogP contribution in [0.2, 0.25) is 0 Å². The van der Waals surface area contributed by atoms with Crippen LogP contribution in [0.3, 0.4) is 0 Å². The zero-order chi connectivity index (χ0) is 21.4. The number of aromatic amines is 1. The van der Waals surface area contributed by atoms with E-state index < -0.39 is 0 Å². The lowest BCUT2D eigenvalue weighted by molar-refractivity contribution is 0.219. The number of aromatic hydroxyl groups is 1. The highest BCUT2D eigenvalue weighted by Gasteiger charge is 2.33. The van der Waals surface area contributed by atoms with Gasteiger partial charge in [0, 0.05) is 43.0 Å². The van der Waals surface area contributed by atoms with Crippen molar-refractivity contribution in [3.8, 4) is 28.1 Å². The van der Waals surface area contributed by atoms with Gasteiger partial charge in [-0.25, -0.2) is 0 Å². The quantitative estimate of drug-likeness (QED) is 0.603. The van der Waals surface area contributed by atoms with Gasteiger partial charge in [0.05, 0.1) is 5.69 Å². The van der Waals surface area contributed by atoms with Crippen molar-refractivity contribution in [3.63, 3.8) is 0 Å². The molecule has 2 aliphatic heterocycles. The van der Waals surface area contributed by atoms with Crippen LogP contribution in [0.5, 0.6) is 5.75 Å². The van der Waals surface area contributed by atoms with Gasteiger partial charge in [0.2, 0.25) is 5.56 Å². The van der Waals surface area contributed by atoms with Crippen molar-refractivity contribution in [2.24, 2.45) is 0 Å². The van der Waals surface area contributed by atoms with Gasteiger partial charge in [-0.2, -0.15) is 0 Å². The van der Waals surface area contributed by atoms with Crippen molar-refractivity contribution in [3.05, 3.63) is 59.0 Å². The first kappa shape index (κ1) is 19.8. The van der Waals surface area contributed by atoms with E-state index >= 15 is 0 Å². The zero-order valence-electron chi connectivity index (χ0n) is 17.6. The molecule has 0 radical (unpaired) electrons. The maximum absolute atomic E-state index is 11.6. The molecule has 3 aromatic rings. The smallest absolute Gasteiger partial charge is 0.248 e. The average Bonchev–Trinajstić information content (AvgIpc) is 2.78. The van der Waals surface area contributed by atoms with Crippen LogP contribution in [0.15, 0.2) is 53.5 Å². The van der Waals surface area contributed by atoms with E-state index in [4.69, 9.17) is 0 Å². The molecule has 2 saturated heterocycles. The Balaban J connectivity index is 1.34. The fraction of sp³-hybridized carbons (Fsp3) is 0.375. The number of pyridine rings is 1. The van der Waals surface area contributed by atoms with Crippen LogP contribution < -0.4 is 15.8 Å². The van der Waals surface area contributed by atoms with E-state index in [1.807, 2.05) is 24.3 Å². The molecular formula is C24H27N5O2. The second-order valence-electron chi connectivity index (χ2n) is 8.68. The number of piperidine rings is 2. The van der Waals surface area contributed by atoms with Gasteiger partial charge in [0.25, 0.3) is 0 Å². The summed E-state index contributed by atoms with van der Waals surface area (Å²) in [5.74, 6) is 0.965. The number of nitrogens with zero attached hydrogens (tertiary/aromatic N) is 3. The first-order chi connectivity index (χ1) is 15.1. The van der Waals surface area contributed by atoms with Gasteiger partial charge in [-0.15, -0.1) is 10.2 Å². The highest BCUT2D eigenvalue weighted by Crippen LogP contribution is 2.33. The van der Waals surface area contributed by atoms with Crippen molar-refractivity contribution >= 4 is 5.82 Å². The van der Waals surface area contributed by atoms with Crippen molar-refractivity contribution in [1.29, 1.82) is 0 Å². The highest BCUT2D eigenvalue weighted by molar-refractivity contribution is 5.74. The topological polar surface area (TPSA) is 94.1 Å². The summed E-state index contributed by atoms with van der Waals surface area (Å²) in [5.41, 5.74) is 2.58. The van der Waals surface area contributed by atoms with Gasteiger partial charge in [-0.1, -0.05) is 12.5 Å². The number of fused-ring (bicyclic) bond motifs is 2. The molecule has 0 saturated carbocycles. The van der Waals surface area contributed by atoms with Crippen LogP contribution in [0.4, 0.5) is 5.82 Å². The third-order valence-corrected chi connectivity index (χ3v) is 6.63. The molecule has 0 amide bonds. The number of nitrogens with one attached hydrogen (secondary N) is 2. The van der Waals surface area contributed by atoms with Crippen LogP contribution in [-0.2, 0) is 0 Å². The van der Waals surface area contributed by atoms with E-state index in [1.165, 1.54) is 25.3 Å². The van der Waals surface area contributed by atoms with E-state index in [9.17, 15) is 9.90 Å². The summed E-state index contributed by atoms with van der Waals surface area (Å²) in [5, 5.41) is 23.2. The molecule has 2 aromatic heterocycles. The molecule has 2 bridgehead atoms. The number of hydrogen-bond acceptors (Lipinski definition) is 6. The molecule has 1 aromatic carbocycles. The molecular weight excluding hydrogens is 390 g/mol. The predicted molar refractivity (Wildman–Crippen MR) is 121 cm³/mol. The van der Waals surface area contributed by atoms with Gasteiger partial charge < -0.3 is 20.3 Å². The average molecular weight is 418 g/mol. The molecule has 5 rings (SSSR count). The first-order valence-electron chi connectivity index (χ1n) is 10.9. The Kier molecular flexibility index (Phi) is 5.19. The number of aromatic nitrogens is 3. The molecule has 0 aliphatic carbocycles. The molecule has 0 unspecified atom stereocenters. The largest absolute Gasteiger partial charge is 0.507 e. The van der Waals surface area contributed by atoms with Crippen LogP contribution in [-0.4, -0.2) is 45.5 Å². The Morgan fingerprint density at radius 2 is 1.77 bits per heavy atom. The van der Waals surface area contributed by atoms with Gasteiger partial charge in [-0.3, -0.25) is 4.79 Å². The van der Waals surface area contributed by atoms with Crippen LogP contribution in [0.25, 0.3) is 22.4 Å². The zero-order valence-corrected chi connectivity index (χ0v) is 17.6. The molecule has 2 aliphatic rings. The Morgan fingerprint density at radius 1 is 1.00 bits per heavy atom. The Hall–Kier alpha value is -3.19. The van der Waals surface area contributed by atoms with E-state index in [0.717, 1.165) is 29.8 Å². The standard InChI is InChI=1S/C24H27N5O2/c1-29(19-13-17-3-2-4-18(14-19)26-17)23-8-7-21(27-28-23)20-6-5-15(11-22(20)30)16-9-10-25-24(31)12-16/h5-12,17-19,26,30H,2-4,13-14H2,1H3,(H,25,31)/t17-,18+,19-. The van der Waals surface area contributed by atoms with E-state index in [1.54, 1.807) is 18.3 Å². The first-order valence-corrected chi connectivity index (χ1v) is 10.9. The monoisotopic (exact) mass is 417 g/mol. The van der Waals surface area contributed by atoms with Crippen LogP contribution in [0.1, 0.15) is 32.1 Å². The van der Waals surface area contributed by atoms with Crippen molar-refractivity contribution in [2.45, 2.75) is 50.2 Å². The van der Waals surface area contributed by atoms with Gasteiger partial charge in [-0.05, 0) is 67.1 Å². The van der Waals surface area contributed by atoms with Gasteiger partial charge in [0.1, 0.15) is 5.75 Å². The van der Waals surface area contributed by atoms with Crippen LogP contribution >= 0.6 is 0 Å². The molecule has 3 atom stereocenters. The summed E-state index contributed by atoms with van der Waals surface area (Å²) in [6, 6.07) is 14.2. The molecule has 160 valence electrons. The summed E-state index contributed by atoms with van der Waals surface area (Å²) >= 11 is 0. The minimum atomic E-state index is -0.177. The minimum Gasteiger partial charge on any atom is -0.507 e. The van der Waals surface area contributed by atoms with Crippen molar-refractivity contribution in [1.82, 2.24) is 20.5 Å². The van der Waals surface area contributed by atoms with Crippen molar-refractivity contribution < 1.29 is 5.11 Å². The molecule has 2 fully saturated rings. The van der Waals surface area contributed by atoms with Crippen LogP contribution in [0, 0.1) is 0 Å². The number of anilines is 1. The van der Waals surface area contributed by atoms with Gasteiger partial charge in [0.15, 0.2) is 5.82 Å². The molecule has 4 heterocycles. The van der Waals surface area contributed by atoms with E-state index in [0.29, 0.717) is 29.4 Å². The number of phenolic OH excluding ortho intramolecular Hbond substituents is 1. The van der Waals surface area contributed by atoms with Crippen molar-refractivity contribution in [2.75, 3.05) is 11.9 Å². The molecule has 7 nitrogen and oxygen atoms in total. The normalized spacial score (nSPS) is 22.8. The summed E-state index contributed by atoms with van der Waals surface area (Å²) in [4.78, 5) is 16.4. The number of phenols is 1. The second-order valence-corrected chi connectivity index (χ2v) is 8.68. The second kappa shape index (κ2) is 8.15. The summed E-state index contributed by atoms with van der Waals surface area (Å²) in [7, 11) is 2.10. The summed E-state index contributed by atoms with van der Waals surface area (Å²) in [6.45, 7) is 0. The lowest BCUT2D eigenvalue weighted by Crippen LogP contribution is -2.54. The van der Waals surface area contributed by atoms with E-state index in [2.05, 4.69) is 32.4 Å². The van der Waals surface area contributed by atoms with E-state index in [-0.39, 0.29) is 11.3 Å². The Bertz CT molecular complexity index is 1120. The molecule has 31 heavy (non-hydrogen) atoms. The fourth-order valence-electron chi connectivity index (χ4n) is 4.95. The number of rotatable bonds is 4. The highest BCUT2D eigenvalue weighted by atomic mass is 16.3. The predicted octanol–water partition coefficient (Wildman–Crippen LogP) is 3.31. The molecule has 7 heteroatoms. The SMILES string of the molecule is CN(c1ccc(-c2ccc(-c3cc[nH]c(=O)c3)cc2O)nn1)[C@@H]1C[C@H]2CCC[C@@H](C1)N2. The van der Waals surface area contributed by atoms with Gasteiger partial charge >= 0.3 is 0 Å². The third kappa shape index (κ3) is 4.05. The Morgan fingerprint density at radius 3 is 2.45 bits per heavy atom. The third-order valence-electron chi connectivity index (χ3n) is 6.63. The minimum absolute atomic E-state index is 0.111. The summed E-state index contributed by atoms with van der Waals surface area (Å²) in [6.07, 6.45) is 7.73. The maximum atomic E-state index is 11.6. The number of hydrogen-bond donors (Lipinski definition) is 3. The Labute approximate surface area is 181 Å². The number of benzene rings is 1. The summed E-state index contributed by atoms with van der Waals surface area (Å²) < 4.78 is 0. The number of H-pyrrole nitrogens is 1. The lowest BCUT2D eigenvalue weighted by Gasteiger charge is -2.43. The fourth-order valence-corrected chi connectivity index (χ4v) is 4.95. The molecule has 0 spiro atoms. The maximum Gasteiger partial charge on any atom is 0.248 e. The lowest BCUT2D eigenvalue weighted by atomic mass is 9.83. The molecule has 3 N–H and O–H groups in total.